The first kappa shape index (κ1) is 9.21. The lowest BCUT2D eigenvalue weighted by atomic mass is 10.1. The van der Waals surface area contributed by atoms with E-state index in [0.29, 0.717) is 16.6 Å². The van der Waals surface area contributed by atoms with Crippen LogP contribution in [-0.2, 0) is 11.2 Å². The third-order valence-corrected chi connectivity index (χ3v) is 2.01. The molecule has 2 N–H and O–H groups in total. The zero-order valence-electron chi connectivity index (χ0n) is 7.69. The molecule has 1 heterocycles. The Morgan fingerprint density at radius 1 is 1.60 bits per heavy atom. The first-order valence-electron chi connectivity index (χ1n) is 4.29. The number of rotatable bonds is 2. The average molecular weight is 201 g/mol. The van der Waals surface area contributed by atoms with Gasteiger partial charge in [0.1, 0.15) is 6.07 Å². The summed E-state index contributed by atoms with van der Waals surface area (Å²) in [6, 6.07) is 6.98. The summed E-state index contributed by atoms with van der Waals surface area (Å²) in [5.74, 6) is -0.646. The first-order valence-corrected chi connectivity index (χ1v) is 4.29. The van der Waals surface area contributed by atoms with Crippen LogP contribution in [0.15, 0.2) is 18.2 Å². The van der Waals surface area contributed by atoms with Crippen molar-refractivity contribution in [1.82, 2.24) is 9.97 Å². The standard InChI is InChI=1S/C10H7N3O2/c11-5-9-12-7-2-1-6(4-10(14)15)3-8(7)13-9/h1-3H,4H2,(H,12,13)(H,14,15). The molecule has 5 heteroatoms. The maximum atomic E-state index is 10.5. The van der Waals surface area contributed by atoms with Crippen molar-refractivity contribution in [2.24, 2.45) is 0 Å². The van der Waals surface area contributed by atoms with E-state index in [0.717, 1.165) is 0 Å². The molecule has 2 aromatic rings. The molecule has 0 spiro atoms. The Labute approximate surface area is 85.0 Å². The quantitative estimate of drug-likeness (QED) is 0.760. The summed E-state index contributed by atoms with van der Waals surface area (Å²) in [6.07, 6.45) is -0.0309. The van der Waals surface area contributed by atoms with Crippen LogP contribution in [-0.4, -0.2) is 21.0 Å². The van der Waals surface area contributed by atoms with Gasteiger partial charge >= 0.3 is 5.97 Å². The molecule has 1 aromatic carbocycles. The lowest BCUT2D eigenvalue weighted by Crippen LogP contribution is -1.99. The molecule has 5 nitrogen and oxygen atoms in total. The van der Waals surface area contributed by atoms with Crippen LogP contribution in [0.4, 0.5) is 0 Å². The van der Waals surface area contributed by atoms with Gasteiger partial charge in [-0.1, -0.05) is 6.07 Å². The number of nitrogens with zero attached hydrogens (tertiary/aromatic N) is 2. The average Bonchev–Trinajstić information content (AvgIpc) is 2.58. The topological polar surface area (TPSA) is 89.8 Å². The van der Waals surface area contributed by atoms with E-state index in [1.54, 1.807) is 18.2 Å². The van der Waals surface area contributed by atoms with Crippen molar-refractivity contribution in [1.29, 1.82) is 5.26 Å². The molecule has 15 heavy (non-hydrogen) atoms. The molecular weight excluding hydrogens is 194 g/mol. The maximum Gasteiger partial charge on any atom is 0.307 e. The van der Waals surface area contributed by atoms with Crippen LogP contribution < -0.4 is 0 Å². The van der Waals surface area contributed by atoms with Crippen LogP contribution in [0.3, 0.4) is 0 Å². The van der Waals surface area contributed by atoms with Crippen molar-refractivity contribution < 1.29 is 9.90 Å². The second kappa shape index (κ2) is 3.42. The number of carboxylic acid groups (broad SMARTS) is 1. The smallest absolute Gasteiger partial charge is 0.307 e. The minimum atomic E-state index is -0.880. The number of aromatic amines is 1. The van der Waals surface area contributed by atoms with Gasteiger partial charge in [0.15, 0.2) is 0 Å². The lowest BCUT2D eigenvalue weighted by molar-refractivity contribution is -0.136. The minimum Gasteiger partial charge on any atom is -0.481 e. The summed E-state index contributed by atoms with van der Waals surface area (Å²) in [5.41, 5.74) is 2.04. The monoisotopic (exact) mass is 201 g/mol. The lowest BCUT2D eigenvalue weighted by Gasteiger charge is -1.95. The van der Waals surface area contributed by atoms with E-state index in [1.807, 2.05) is 6.07 Å². The second-order valence-corrected chi connectivity index (χ2v) is 3.12. The summed E-state index contributed by atoms with van der Waals surface area (Å²) in [4.78, 5) is 17.3. The molecule has 0 aliphatic rings. The van der Waals surface area contributed by atoms with E-state index in [9.17, 15) is 4.79 Å². The number of carboxylic acids is 1. The van der Waals surface area contributed by atoms with Gasteiger partial charge in [-0.05, 0) is 17.7 Å². The SMILES string of the molecule is N#Cc1nc2ccc(CC(=O)O)cc2[nH]1. The maximum absolute atomic E-state index is 10.5. The van der Waals surface area contributed by atoms with E-state index in [1.165, 1.54) is 0 Å². The largest absolute Gasteiger partial charge is 0.481 e. The van der Waals surface area contributed by atoms with Gasteiger partial charge in [-0.2, -0.15) is 5.26 Å². The molecule has 74 valence electrons. The number of hydrogen-bond acceptors (Lipinski definition) is 3. The van der Waals surface area contributed by atoms with E-state index < -0.39 is 5.97 Å². The van der Waals surface area contributed by atoms with Crippen LogP contribution in [0.5, 0.6) is 0 Å². The van der Waals surface area contributed by atoms with Crippen LogP contribution in [0.1, 0.15) is 11.4 Å². The fraction of sp³-hybridized carbons (Fsp3) is 0.100. The van der Waals surface area contributed by atoms with Crippen molar-refractivity contribution in [2.75, 3.05) is 0 Å². The highest BCUT2D eigenvalue weighted by atomic mass is 16.4. The number of nitrogens with one attached hydrogen (secondary N) is 1. The molecule has 0 fully saturated rings. The van der Waals surface area contributed by atoms with Crippen molar-refractivity contribution >= 4 is 17.0 Å². The third kappa shape index (κ3) is 1.79. The number of fused-ring (bicyclic) bond motifs is 1. The van der Waals surface area contributed by atoms with E-state index >= 15 is 0 Å². The normalized spacial score (nSPS) is 10.1. The molecular formula is C10H7N3O2. The Morgan fingerprint density at radius 2 is 2.40 bits per heavy atom. The Morgan fingerprint density at radius 3 is 3.07 bits per heavy atom. The predicted octanol–water partition coefficient (Wildman–Crippen LogP) is 1.06. The van der Waals surface area contributed by atoms with Crippen LogP contribution in [0.25, 0.3) is 11.0 Å². The molecule has 0 unspecified atom stereocenters. The van der Waals surface area contributed by atoms with Gasteiger partial charge in [-0.25, -0.2) is 4.98 Å². The van der Waals surface area contributed by atoms with Gasteiger partial charge in [0, 0.05) is 0 Å². The molecule has 0 amide bonds. The fourth-order valence-corrected chi connectivity index (χ4v) is 1.39. The molecule has 0 bridgehead atoms. The highest BCUT2D eigenvalue weighted by Crippen LogP contribution is 2.13. The Kier molecular flexibility index (Phi) is 2.10. The predicted molar refractivity (Wildman–Crippen MR) is 52.1 cm³/mol. The van der Waals surface area contributed by atoms with Crippen molar-refractivity contribution in [3.8, 4) is 6.07 Å². The van der Waals surface area contributed by atoms with Gasteiger partial charge in [0.05, 0.1) is 17.5 Å². The van der Waals surface area contributed by atoms with Crippen LogP contribution in [0.2, 0.25) is 0 Å². The molecule has 0 aliphatic carbocycles. The molecule has 2 rings (SSSR count). The zero-order chi connectivity index (χ0) is 10.8. The van der Waals surface area contributed by atoms with E-state index in [2.05, 4.69) is 9.97 Å². The number of imidazole rings is 1. The van der Waals surface area contributed by atoms with Gasteiger partial charge in [0.2, 0.25) is 5.82 Å². The number of nitriles is 1. The first-order chi connectivity index (χ1) is 7.19. The summed E-state index contributed by atoms with van der Waals surface area (Å²) in [5, 5.41) is 17.2. The van der Waals surface area contributed by atoms with E-state index in [4.69, 9.17) is 10.4 Å². The summed E-state index contributed by atoms with van der Waals surface area (Å²) in [6.45, 7) is 0. The highest BCUT2D eigenvalue weighted by Gasteiger charge is 2.05. The number of carbonyl (C=O) groups is 1. The van der Waals surface area contributed by atoms with Crippen molar-refractivity contribution in [2.45, 2.75) is 6.42 Å². The minimum absolute atomic E-state index is 0.0309. The zero-order valence-corrected chi connectivity index (χ0v) is 7.69. The molecule has 1 aromatic heterocycles. The highest BCUT2D eigenvalue weighted by molar-refractivity contribution is 5.78. The van der Waals surface area contributed by atoms with Crippen molar-refractivity contribution in [3.05, 3.63) is 29.6 Å². The fourth-order valence-electron chi connectivity index (χ4n) is 1.39. The van der Waals surface area contributed by atoms with Gasteiger partial charge in [0.25, 0.3) is 0 Å². The molecule has 0 aliphatic heterocycles. The number of aromatic nitrogens is 2. The van der Waals surface area contributed by atoms with Gasteiger partial charge in [-0.3, -0.25) is 4.79 Å². The summed E-state index contributed by atoms with van der Waals surface area (Å²) in [7, 11) is 0. The van der Waals surface area contributed by atoms with Crippen molar-refractivity contribution in [3.63, 3.8) is 0 Å². The molecule has 0 saturated carbocycles. The summed E-state index contributed by atoms with van der Waals surface area (Å²) >= 11 is 0. The molecule has 0 radical (unpaired) electrons. The molecule has 0 atom stereocenters. The number of aliphatic carboxylic acids is 1. The Hall–Kier alpha value is -2.35. The molecule has 0 saturated heterocycles. The second-order valence-electron chi connectivity index (χ2n) is 3.12. The Bertz CT molecular complexity index is 566. The third-order valence-electron chi connectivity index (χ3n) is 2.01. The summed E-state index contributed by atoms with van der Waals surface area (Å²) < 4.78 is 0. The number of H-pyrrole nitrogens is 1. The van der Waals surface area contributed by atoms with Crippen LogP contribution >= 0.6 is 0 Å². The Balaban J connectivity index is 2.47. The number of hydrogen-bond donors (Lipinski definition) is 2. The van der Waals surface area contributed by atoms with Crippen LogP contribution in [0, 0.1) is 11.3 Å². The number of benzene rings is 1. The van der Waals surface area contributed by atoms with E-state index in [-0.39, 0.29) is 12.2 Å². The van der Waals surface area contributed by atoms with Gasteiger partial charge in [-0.15, -0.1) is 0 Å². The van der Waals surface area contributed by atoms with Gasteiger partial charge < -0.3 is 10.1 Å².